The molecule has 2 aliphatic heterocycles. The summed E-state index contributed by atoms with van der Waals surface area (Å²) < 4.78 is 16.8. The summed E-state index contributed by atoms with van der Waals surface area (Å²) in [5, 5.41) is 0. The Labute approximate surface area is 118 Å². The van der Waals surface area contributed by atoms with Crippen LogP contribution in [0, 0.1) is 23.7 Å². The van der Waals surface area contributed by atoms with Gasteiger partial charge in [-0.05, 0) is 25.2 Å². The van der Waals surface area contributed by atoms with E-state index in [1.54, 1.807) is 0 Å². The molecule has 6 atom stereocenters. The third-order valence-corrected chi connectivity index (χ3v) is 5.40. The minimum Gasteiger partial charge on any atom is -0.422 e. The van der Waals surface area contributed by atoms with Gasteiger partial charge in [-0.1, -0.05) is 13.8 Å². The number of ether oxygens (including phenoxy) is 3. The normalized spacial score (nSPS) is 47.1. The zero-order valence-corrected chi connectivity index (χ0v) is 12.3. The molecule has 1 spiro atoms. The number of carbonyl (C=O) groups excluding carboxylic acids is 2. The fourth-order valence-electron chi connectivity index (χ4n) is 4.47. The number of rotatable bonds is 1. The van der Waals surface area contributed by atoms with Crippen LogP contribution in [0.25, 0.3) is 0 Å². The second kappa shape index (κ2) is 4.72. The van der Waals surface area contributed by atoms with E-state index in [9.17, 15) is 9.59 Å². The molecular weight excluding hydrogens is 260 g/mol. The maximum Gasteiger partial charge on any atom is 0.312 e. The highest BCUT2D eigenvalue weighted by Crippen LogP contribution is 2.56. The van der Waals surface area contributed by atoms with Gasteiger partial charge in [0.25, 0.3) is 6.29 Å². The Morgan fingerprint density at radius 3 is 2.70 bits per heavy atom. The van der Waals surface area contributed by atoms with Gasteiger partial charge in [-0.25, -0.2) is 0 Å². The monoisotopic (exact) mass is 282 g/mol. The second-order valence-electron chi connectivity index (χ2n) is 6.43. The Balaban J connectivity index is 2.01. The number of esters is 2. The van der Waals surface area contributed by atoms with Crippen molar-refractivity contribution in [3.05, 3.63) is 0 Å². The lowest BCUT2D eigenvalue weighted by Gasteiger charge is -2.54. The number of carbonyl (C=O) groups is 2. The van der Waals surface area contributed by atoms with Crippen LogP contribution >= 0.6 is 0 Å². The summed E-state index contributed by atoms with van der Waals surface area (Å²) in [4.78, 5) is 23.4. The molecule has 5 nitrogen and oxygen atoms in total. The summed E-state index contributed by atoms with van der Waals surface area (Å²) in [5.74, 6) is -0.0442. The third-order valence-electron chi connectivity index (χ3n) is 5.40. The first-order valence-corrected chi connectivity index (χ1v) is 7.48. The average Bonchev–Trinajstić information content (AvgIpc) is 2.82. The maximum atomic E-state index is 12.0. The van der Waals surface area contributed by atoms with E-state index < -0.39 is 17.9 Å². The zero-order chi connectivity index (χ0) is 14.5. The van der Waals surface area contributed by atoms with Gasteiger partial charge in [-0.3, -0.25) is 9.59 Å². The van der Waals surface area contributed by atoms with Crippen LogP contribution in [0.15, 0.2) is 0 Å². The molecule has 20 heavy (non-hydrogen) atoms. The predicted molar refractivity (Wildman–Crippen MR) is 69.5 cm³/mol. The van der Waals surface area contributed by atoms with Crippen molar-refractivity contribution in [3.63, 3.8) is 0 Å². The molecule has 1 aliphatic carbocycles. The Hall–Kier alpha value is -1.10. The van der Waals surface area contributed by atoms with E-state index >= 15 is 0 Å². The molecule has 2 heterocycles. The van der Waals surface area contributed by atoms with Crippen LogP contribution in [0.4, 0.5) is 0 Å². The van der Waals surface area contributed by atoms with Crippen molar-refractivity contribution < 1.29 is 23.8 Å². The molecule has 0 aromatic heterocycles. The van der Waals surface area contributed by atoms with Crippen LogP contribution < -0.4 is 0 Å². The molecule has 0 aromatic carbocycles. The molecule has 5 heteroatoms. The summed E-state index contributed by atoms with van der Waals surface area (Å²) in [6, 6.07) is 0. The van der Waals surface area contributed by atoms with Crippen LogP contribution in [0.2, 0.25) is 0 Å². The molecule has 0 radical (unpaired) electrons. The van der Waals surface area contributed by atoms with Crippen LogP contribution in [-0.4, -0.2) is 30.4 Å². The van der Waals surface area contributed by atoms with Gasteiger partial charge < -0.3 is 14.2 Å². The van der Waals surface area contributed by atoms with Gasteiger partial charge in [-0.2, -0.15) is 0 Å². The molecular formula is C15H22O5. The SMILES string of the molecule is CC(=O)O[C@@H]1OC(=O)[C@H](C)[C@@H]2CC[C@@H](C)[C@@H]3CCOC132. The fraction of sp³-hybridized carbons (Fsp3) is 0.867. The van der Waals surface area contributed by atoms with E-state index in [1.807, 2.05) is 6.92 Å². The molecule has 112 valence electrons. The first-order valence-electron chi connectivity index (χ1n) is 7.48. The highest BCUT2D eigenvalue weighted by molar-refractivity contribution is 5.74. The molecule has 0 aromatic rings. The van der Waals surface area contributed by atoms with Crippen molar-refractivity contribution in [2.45, 2.75) is 51.9 Å². The van der Waals surface area contributed by atoms with Crippen molar-refractivity contribution in [1.82, 2.24) is 0 Å². The molecule has 0 bridgehead atoms. The van der Waals surface area contributed by atoms with Gasteiger partial charge in [0.1, 0.15) is 5.60 Å². The average molecular weight is 282 g/mol. The number of hydrogen-bond donors (Lipinski definition) is 0. The predicted octanol–water partition coefficient (Wildman–Crippen LogP) is 1.89. The van der Waals surface area contributed by atoms with E-state index in [-0.39, 0.29) is 17.8 Å². The Bertz CT molecular complexity index is 434. The van der Waals surface area contributed by atoms with Crippen LogP contribution in [0.3, 0.4) is 0 Å². The van der Waals surface area contributed by atoms with E-state index in [0.717, 1.165) is 19.3 Å². The lowest BCUT2D eigenvalue weighted by molar-refractivity contribution is -0.291. The van der Waals surface area contributed by atoms with Crippen LogP contribution in [0.5, 0.6) is 0 Å². The van der Waals surface area contributed by atoms with Gasteiger partial charge >= 0.3 is 11.9 Å². The van der Waals surface area contributed by atoms with Crippen molar-refractivity contribution in [3.8, 4) is 0 Å². The topological polar surface area (TPSA) is 61.8 Å². The minimum absolute atomic E-state index is 0.0804. The summed E-state index contributed by atoms with van der Waals surface area (Å²) in [5.41, 5.74) is -0.628. The Kier molecular flexibility index (Phi) is 3.27. The number of hydrogen-bond acceptors (Lipinski definition) is 5. The first kappa shape index (κ1) is 13.9. The van der Waals surface area contributed by atoms with Crippen LogP contribution in [0.1, 0.15) is 40.0 Å². The quantitative estimate of drug-likeness (QED) is 0.687. The van der Waals surface area contributed by atoms with Gasteiger partial charge in [0.2, 0.25) is 0 Å². The molecule has 1 saturated carbocycles. The fourth-order valence-corrected chi connectivity index (χ4v) is 4.47. The van der Waals surface area contributed by atoms with E-state index in [4.69, 9.17) is 14.2 Å². The molecule has 0 N–H and O–H groups in total. The largest absolute Gasteiger partial charge is 0.422 e. The molecule has 0 amide bonds. The molecule has 3 rings (SSSR count). The van der Waals surface area contributed by atoms with E-state index in [0.29, 0.717) is 18.4 Å². The lowest BCUT2D eigenvalue weighted by atomic mass is 9.59. The van der Waals surface area contributed by atoms with E-state index in [2.05, 4.69) is 6.92 Å². The highest BCUT2D eigenvalue weighted by atomic mass is 16.7. The van der Waals surface area contributed by atoms with Crippen LogP contribution in [-0.2, 0) is 23.8 Å². The summed E-state index contributed by atoms with van der Waals surface area (Å²) in [6.07, 6.45) is 2.07. The molecule has 2 saturated heterocycles. The standard InChI is InChI=1S/C15H22O5/c1-8-4-5-12-9(2)13(17)20-14(19-10(3)16)15(12)11(8)6-7-18-15/h8-9,11-12,14H,4-7H2,1-3H3/t8-,9-,11+,12+,14-,15?/m1/s1. The third kappa shape index (κ3) is 1.79. The van der Waals surface area contributed by atoms with E-state index in [1.165, 1.54) is 6.92 Å². The summed E-state index contributed by atoms with van der Waals surface area (Å²) in [6.45, 7) is 6.10. The first-order chi connectivity index (χ1) is 9.46. The maximum absolute atomic E-state index is 12.0. The second-order valence-corrected chi connectivity index (χ2v) is 6.43. The van der Waals surface area contributed by atoms with Crippen molar-refractivity contribution in [2.24, 2.45) is 23.7 Å². The molecule has 1 unspecified atom stereocenters. The van der Waals surface area contributed by atoms with Crippen molar-refractivity contribution in [1.29, 1.82) is 0 Å². The lowest BCUT2D eigenvalue weighted by Crippen LogP contribution is -2.65. The van der Waals surface area contributed by atoms with Gasteiger partial charge in [-0.15, -0.1) is 0 Å². The Morgan fingerprint density at radius 1 is 1.25 bits per heavy atom. The summed E-state index contributed by atoms with van der Waals surface area (Å²) >= 11 is 0. The highest BCUT2D eigenvalue weighted by Gasteiger charge is 2.66. The summed E-state index contributed by atoms with van der Waals surface area (Å²) in [7, 11) is 0. The van der Waals surface area contributed by atoms with Crippen molar-refractivity contribution in [2.75, 3.05) is 6.61 Å². The van der Waals surface area contributed by atoms with Crippen molar-refractivity contribution >= 4 is 11.9 Å². The Morgan fingerprint density at radius 2 is 2.00 bits per heavy atom. The molecule has 3 aliphatic rings. The minimum atomic E-state index is -0.885. The van der Waals surface area contributed by atoms with Gasteiger partial charge in [0.15, 0.2) is 0 Å². The van der Waals surface area contributed by atoms with Gasteiger partial charge in [0.05, 0.1) is 5.92 Å². The van der Waals surface area contributed by atoms with Gasteiger partial charge in [0, 0.05) is 25.4 Å². The number of cyclic esters (lactones) is 1. The zero-order valence-electron chi connectivity index (χ0n) is 12.3. The molecule has 3 fully saturated rings. The smallest absolute Gasteiger partial charge is 0.312 e.